The third-order valence-corrected chi connectivity index (χ3v) is 3.30. The summed E-state index contributed by atoms with van der Waals surface area (Å²) in [5.74, 6) is 2.42. The monoisotopic (exact) mass is 290 g/mol. The van der Waals surface area contributed by atoms with Gasteiger partial charge in [0, 0.05) is 5.88 Å². The fourth-order valence-electron chi connectivity index (χ4n) is 1.93. The van der Waals surface area contributed by atoms with E-state index in [0.717, 1.165) is 24.3 Å². The molecule has 0 heterocycles. The molecule has 0 saturated heterocycles. The SMILES string of the molecule is COc1ccc(Cc2ccc(OCCCCl)cc2)cc1. The zero-order valence-corrected chi connectivity index (χ0v) is 12.4. The fourth-order valence-corrected chi connectivity index (χ4v) is 2.04. The molecule has 2 rings (SSSR count). The standard InChI is InChI=1S/C17H19ClO2/c1-19-16-7-3-14(4-8-16)13-15-5-9-17(10-6-15)20-12-2-11-18/h3-10H,2,11-13H2,1H3. The zero-order chi connectivity index (χ0) is 14.2. The minimum absolute atomic E-state index is 0.634. The van der Waals surface area contributed by atoms with Gasteiger partial charge in [-0.05, 0) is 48.2 Å². The van der Waals surface area contributed by atoms with Crippen molar-refractivity contribution in [2.45, 2.75) is 12.8 Å². The summed E-state index contributed by atoms with van der Waals surface area (Å²) in [4.78, 5) is 0. The van der Waals surface area contributed by atoms with E-state index in [4.69, 9.17) is 21.1 Å². The number of alkyl halides is 1. The minimum Gasteiger partial charge on any atom is -0.497 e. The number of ether oxygens (including phenoxy) is 2. The first-order valence-corrected chi connectivity index (χ1v) is 7.26. The highest BCUT2D eigenvalue weighted by Gasteiger charge is 1.99. The molecule has 0 saturated carbocycles. The van der Waals surface area contributed by atoms with Crippen LogP contribution >= 0.6 is 11.6 Å². The average molecular weight is 291 g/mol. The van der Waals surface area contributed by atoms with Crippen LogP contribution in [-0.4, -0.2) is 19.6 Å². The van der Waals surface area contributed by atoms with Crippen molar-refractivity contribution in [2.24, 2.45) is 0 Å². The largest absolute Gasteiger partial charge is 0.497 e. The molecule has 0 amide bonds. The first kappa shape index (κ1) is 14.7. The van der Waals surface area contributed by atoms with E-state index >= 15 is 0 Å². The van der Waals surface area contributed by atoms with Crippen LogP contribution in [0.5, 0.6) is 11.5 Å². The Hall–Kier alpha value is -1.67. The highest BCUT2D eigenvalue weighted by molar-refractivity contribution is 6.17. The van der Waals surface area contributed by atoms with E-state index in [9.17, 15) is 0 Å². The Morgan fingerprint density at radius 1 is 0.850 bits per heavy atom. The van der Waals surface area contributed by atoms with Crippen LogP contribution in [0.25, 0.3) is 0 Å². The van der Waals surface area contributed by atoms with E-state index in [1.54, 1.807) is 7.11 Å². The van der Waals surface area contributed by atoms with Gasteiger partial charge in [0.25, 0.3) is 0 Å². The quantitative estimate of drug-likeness (QED) is 0.559. The van der Waals surface area contributed by atoms with Crippen molar-refractivity contribution in [2.75, 3.05) is 19.6 Å². The van der Waals surface area contributed by atoms with E-state index in [0.29, 0.717) is 12.5 Å². The van der Waals surface area contributed by atoms with Crippen LogP contribution in [0.4, 0.5) is 0 Å². The fraction of sp³-hybridized carbons (Fsp3) is 0.294. The van der Waals surface area contributed by atoms with E-state index in [1.807, 2.05) is 24.3 Å². The Kier molecular flexibility index (Phi) is 5.75. The molecule has 0 aliphatic rings. The maximum Gasteiger partial charge on any atom is 0.119 e. The van der Waals surface area contributed by atoms with Crippen LogP contribution in [0.1, 0.15) is 17.5 Å². The summed E-state index contributed by atoms with van der Waals surface area (Å²) in [6.07, 6.45) is 1.78. The maximum absolute atomic E-state index is 5.62. The molecule has 0 bridgehead atoms. The lowest BCUT2D eigenvalue weighted by atomic mass is 10.0. The number of rotatable bonds is 7. The molecule has 0 aliphatic carbocycles. The smallest absolute Gasteiger partial charge is 0.119 e. The lowest BCUT2D eigenvalue weighted by Crippen LogP contribution is -1.97. The molecule has 3 heteroatoms. The van der Waals surface area contributed by atoms with Gasteiger partial charge in [-0.15, -0.1) is 11.6 Å². The van der Waals surface area contributed by atoms with Gasteiger partial charge in [0.15, 0.2) is 0 Å². The highest BCUT2D eigenvalue weighted by Crippen LogP contribution is 2.17. The summed E-state index contributed by atoms with van der Waals surface area (Å²) in [6, 6.07) is 16.4. The van der Waals surface area contributed by atoms with E-state index < -0.39 is 0 Å². The first-order valence-electron chi connectivity index (χ1n) is 6.72. The lowest BCUT2D eigenvalue weighted by molar-refractivity contribution is 0.318. The van der Waals surface area contributed by atoms with Crippen molar-refractivity contribution >= 4 is 11.6 Å². The summed E-state index contributed by atoms with van der Waals surface area (Å²) >= 11 is 5.62. The minimum atomic E-state index is 0.634. The van der Waals surface area contributed by atoms with Crippen molar-refractivity contribution in [1.29, 1.82) is 0 Å². The molecule has 2 aromatic rings. The topological polar surface area (TPSA) is 18.5 Å². The van der Waals surface area contributed by atoms with Gasteiger partial charge in [-0.25, -0.2) is 0 Å². The van der Waals surface area contributed by atoms with Crippen LogP contribution in [0.2, 0.25) is 0 Å². The Balaban J connectivity index is 1.92. The molecule has 0 unspecified atom stereocenters. The second kappa shape index (κ2) is 7.81. The van der Waals surface area contributed by atoms with Gasteiger partial charge >= 0.3 is 0 Å². The van der Waals surface area contributed by atoms with Gasteiger partial charge in [0.2, 0.25) is 0 Å². The molecule has 2 nitrogen and oxygen atoms in total. The molecular weight excluding hydrogens is 272 g/mol. The van der Waals surface area contributed by atoms with E-state index in [2.05, 4.69) is 24.3 Å². The number of halogens is 1. The van der Waals surface area contributed by atoms with Gasteiger partial charge < -0.3 is 9.47 Å². The van der Waals surface area contributed by atoms with Crippen molar-refractivity contribution in [3.8, 4) is 11.5 Å². The van der Waals surface area contributed by atoms with Crippen LogP contribution in [0, 0.1) is 0 Å². The molecule has 0 radical (unpaired) electrons. The highest BCUT2D eigenvalue weighted by atomic mass is 35.5. The van der Waals surface area contributed by atoms with Gasteiger partial charge in [0.05, 0.1) is 13.7 Å². The van der Waals surface area contributed by atoms with Crippen molar-refractivity contribution < 1.29 is 9.47 Å². The second-order valence-electron chi connectivity index (χ2n) is 4.56. The summed E-state index contributed by atoms with van der Waals surface area (Å²) < 4.78 is 10.7. The molecule has 0 fully saturated rings. The predicted octanol–water partition coefficient (Wildman–Crippen LogP) is 4.29. The van der Waals surface area contributed by atoms with Gasteiger partial charge in [0.1, 0.15) is 11.5 Å². The molecule has 0 aliphatic heterocycles. The van der Waals surface area contributed by atoms with E-state index in [-0.39, 0.29) is 0 Å². The second-order valence-corrected chi connectivity index (χ2v) is 4.94. The third kappa shape index (κ3) is 4.46. The van der Waals surface area contributed by atoms with Crippen LogP contribution < -0.4 is 9.47 Å². The summed E-state index contributed by atoms with van der Waals surface area (Å²) in [6.45, 7) is 0.668. The number of benzene rings is 2. The van der Waals surface area contributed by atoms with Crippen LogP contribution in [0.15, 0.2) is 48.5 Å². The number of hydrogen-bond donors (Lipinski definition) is 0. The van der Waals surface area contributed by atoms with Crippen molar-refractivity contribution in [1.82, 2.24) is 0 Å². The Labute approximate surface area is 125 Å². The molecule has 20 heavy (non-hydrogen) atoms. The molecule has 0 atom stereocenters. The summed E-state index contributed by atoms with van der Waals surface area (Å²) in [5.41, 5.74) is 2.53. The molecule has 0 aromatic heterocycles. The molecule has 0 spiro atoms. The van der Waals surface area contributed by atoms with Gasteiger partial charge in [-0.2, -0.15) is 0 Å². The molecule has 0 N–H and O–H groups in total. The van der Waals surface area contributed by atoms with E-state index in [1.165, 1.54) is 11.1 Å². The number of methoxy groups -OCH3 is 1. The van der Waals surface area contributed by atoms with Crippen molar-refractivity contribution in [3.63, 3.8) is 0 Å². The molecule has 2 aromatic carbocycles. The summed E-state index contributed by atoms with van der Waals surface area (Å²) in [5, 5.41) is 0. The zero-order valence-electron chi connectivity index (χ0n) is 11.6. The third-order valence-electron chi connectivity index (χ3n) is 3.04. The van der Waals surface area contributed by atoms with Crippen LogP contribution in [-0.2, 0) is 6.42 Å². The Morgan fingerprint density at radius 2 is 1.40 bits per heavy atom. The lowest BCUT2D eigenvalue weighted by Gasteiger charge is -2.07. The van der Waals surface area contributed by atoms with Crippen LogP contribution in [0.3, 0.4) is 0 Å². The first-order chi connectivity index (χ1) is 9.81. The molecular formula is C17H19ClO2. The normalized spacial score (nSPS) is 10.3. The maximum atomic E-state index is 5.62. The predicted molar refractivity (Wildman–Crippen MR) is 83.1 cm³/mol. The average Bonchev–Trinajstić information content (AvgIpc) is 2.50. The van der Waals surface area contributed by atoms with Crippen molar-refractivity contribution in [3.05, 3.63) is 59.7 Å². The Bertz CT molecular complexity index is 506. The molecule has 106 valence electrons. The number of hydrogen-bond acceptors (Lipinski definition) is 2. The Morgan fingerprint density at radius 3 is 1.90 bits per heavy atom. The van der Waals surface area contributed by atoms with Gasteiger partial charge in [-0.3, -0.25) is 0 Å². The van der Waals surface area contributed by atoms with Gasteiger partial charge in [-0.1, -0.05) is 24.3 Å². The summed E-state index contributed by atoms with van der Waals surface area (Å²) in [7, 11) is 1.68.